The number of carbonyl (C=O) groups excluding carboxylic acids is 1. The van der Waals surface area contributed by atoms with E-state index in [1.54, 1.807) is 24.3 Å². The van der Waals surface area contributed by atoms with Gasteiger partial charge in [-0.25, -0.2) is 9.37 Å². The summed E-state index contributed by atoms with van der Waals surface area (Å²) >= 11 is 0. The molecule has 0 aliphatic rings. The average Bonchev–Trinajstić information content (AvgIpc) is 2.33. The number of para-hydroxylation sites is 1. The molecule has 2 aromatic rings. The second-order valence-corrected chi connectivity index (χ2v) is 3.41. The zero-order valence-corrected chi connectivity index (χ0v) is 8.85. The lowest BCUT2D eigenvalue weighted by Crippen LogP contribution is -2.15. The fraction of sp³-hybridized carbons (Fsp3) is 0. The quantitative estimate of drug-likeness (QED) is 0.831. The SMILES string of the molecule is Nc1ncc(F)cc1C(=O)Nc1ccccc1. The summed E-state index contributed by atoms with van der Waals surface area (Å²) in [5.74, 6) is -1.09. The number of benzene rings is 1. The number of amides is 1. The fourth-order valence-corrected chi connectivity index (χ4v) is 1.35. The van der Waals surface area contributed by atoms with Gasteiger partial charge in [0.25, 0.3) is 5.91 Å². The Kier molecular flexibility index (Phi) is 3.00. The molecule has 5 heteroatoms. The molecule has 0 saturated carbocycles. The number of anilines is 2. The highest BCUT2D eigenvalue weighted by atomic mass is 19.1. The lowest BCUT2D eigenvalue weighted by molar-refractivity contribution is 0.102. The molecule has 17 heavy (non-hydrogen) atoms. The highest BCUT2D eigenvalue weighted by molar-refractivity contribution is 6.07. The van der Waals surface area contributed by atoms with Crippen LogP contribution in [-0.2, 0) is 0 Å². The van der Waals surface area contributed by atoms with Crippen molar-refractivity contribution in [1.82, 2.24) is 4.98 Å². The number of halogens is 1. The molecule has 0 unspecified atom stereocenters. The van der Waals surface area contributed by atoms with Crippen LogP contribution in [0.4, 0.5) is 15.9 Å². The van der Waals surface area contributed by atoms with E-state index in [1.807, 2.05) is 6.07 Å². The first-order valence-corrected chi connectivity index (χ1v) is 4.94. The van der Waals surface area contributed by atoms with Gasteiger partial charge in [-0.2, -0.15) is 0 Å². The topological polar surface area (TPSA) is 68.0 Å². The molecule has 0 bridgehead atoms. The third-order valence-corrected chi connectivity index (χ3v) is 2.16. The lowest BCUT2D eigenvalue weighted by Gasteiger charge is -2.06. The van der Waals surface area contributed by atoms with E-state index >= 15 is 0 Å². The molecule has 2 rings (SSSR count). The van der Waals surface area contributed by atoms with Crippen LogP contribution in [0.3, 0.4) is 0 Å². The van der Waals surface area contributed by atoms with E-state index in [1.165, 1.54) is 0 Å². The molecular weight excluding hydrogens is 221 g/mol. The second-order valence-electron chi connectivity index (χ2n) is 3.41. The molecule has 0 saturated heterocycles. The van der Waals surface area contributed by atoms with E-state index in [0.29, 0.717) is 5.69 Å². The third-order valence-electron chi connectivity index (χ3n) is 2.16. The van der Waals surface area contributed by atoms with E-state index in [-0.39, 0.29) is 11.4 Å². The van der Waals surface area contributed by atoms with E-state index in [0.717, 1.165) is 12.3 Å². The van der Waals surface area contributed by atoms with Gasteiger partial charge in [0.05, 0.1) is 11.8 Å². The maximum Gasteiger partial charge on any atom is 0.259 e. The van der Waals surface area contributed by atoms with Crippen molar-refractivity contribution in [1.29, 1.82) is 0 Å². The van der Waals surface area contributed by atoms with Crippen LogP contribution >= 0.6 is 0 Å². The van der Waals surface area contributed by atoms with Crippen LogP contribution in [0.25, 0.3) is 0 Å². The molecule has 1 heterocycles. The number of pyridine rings is 1. The zero-order valence-electron chi connectivity index (χ0n) is 8.85. The van der Waals surface area contributed by atoms with Crippen LogP contribution < -0.4 is 11.1 Å². The minimum atomic E-state index is -0.600. The summed E-state index contributed by atoms with van der Waals surface area (Å²) in [6.45, 7) is 0. The number of nitrogen functional groups attached to an aromatic ring is 1. The number of carbonyl (C=O) groups is 1. The van der Waals surface area contributed by atoms with Gasteiger partial charge >= 0.3 is 0 Å². The van der Waals surface area contributed by atoms with Gasteiger partial charge in [0, 0.05) is 5.69 Å². The van der Waals surface area contributed by atoms with Crippen molar-refractivity contribution in [3.8, 4) is 0 Å². The largest absolute Gasteiger partial charge is 0.383 e. The Hall–Kier alpha value is -2.43. The normalized spacial score (nSPS) is 9.94. The van der Waals surface area contributed by atoms with Crippen molar-refractivity contribution in [3.05, 3.63) is 54.0 Å². The third kappa shape index (κ3) is 2.57. The van der Waals surface area contributed by atoms with Gasteiger partial charge in [0.15, 0.2) is 0 Å². The summed E-state index contributed by atoms with van der Waals surface area (Å²) in [5, 5.41) is 2.60. The van der Waals surface area contributed by atoms with Crippen molar-refractivity contribution in [2.75, 3.05) is 11.1 Å². The van der Waals surface area contributed by atoms with Crippen molar-refractivity contribution < 1.29 is 9.18 Å². The Morgan fingerprint density at radius 3 is 2.71 bits per heavy atom. The Bertz CT molecular complexity index is 543. The first-order chi connectivity index (χ1) is 8.16. The second kappa shape index (κ2) is 4.61. The summed E-state index contributed by atoms with van der Waals surface area (Å²) in [6, 6.07) is 9.89. The predicted molar refractivity (Wildman–Crippen MR) is 63.0 cm³/mol. The summed E-state index contributed by atoms with van der Waals surface area (Å²) in [5.41, 5.74) is 6.14. The monoisotopic (exact) mass is 231 g/mol. The van der Waals surface area contributed by atoms with Gasteiger partial charge in [0.2, 0.25) is 0 Å². The Morgan fingerprint density at radius 2 is 2.00 bits per heavy atom. The van der Waals surface area contributed by atoms with Gasteiger partial charge in [0.1, 0.15) is 11.6 Å². The molecule has 0 radical (unpaired) electrons. The summed E-state index contributed by atoms with van der Waals surface area (Å²) in [6.07, 6.45) is 0.967. The molecule has 86 valence electrons. The number of nitrogens with two attached hydrogens (primary N) is 1. The first-order valence-electron chi connectivity index (χ1n) is 4.94. The van der Waals surface area contributed by atoms with Crippen LogP contribution in [0.2, 0.25) is 0 Å². The first kappa shape index (κ1) is 11.1. The zero-order chi connectivity index (χ0) is 12.3. The molecule has 0 aliphatic carbocycles. The number of hydrogen-bond donors (Lipinski definition) is 2. The van der Waals surface area contributed by atoms with E-state index in [9.17, 15) is 9.18 Å². The molecule has 1 amide bonds. The van der Waals surface area contributed by atoms with Crippen LogP contribution in [0.1, 0.15) is 10.4 Å². The van der Waals surface area contributed by atoms with Gasteiger partial charge in [-0.3, -0.25) is 4.79 Å². The van der Waals surface area contributed by atoms with Gasteiger partial charge in [-0.1, -0.05) is 18.2 Å². The maximum absolute atomic E-state index is 12.9. The van der Waals surface area contributed by atoms with Gasteiger partial charge < -0.3 is 11.1 Å². The molecule has 0 fully saturated rings. The van der Waals surface area contributed by atoms with Crippen LogP contribution in [-0.4, -0.2) is 10.9 Å². The van der Waals surface area contributed by atoms with Crippen molar-refractivity contribution in [3.63, 3.8) is 0 Å². The standard InChI is InChI=1S/C12H10FN3O/c13-8-6-10(11(14)15-7-8)12(17)16-9-4-2-1-3-5-9/h1-7H,(H2,14,15)(H,16,17). The molecule has 0 atom stereocenters. The number of hydrogen-bond acceptors (Lipinski definition) is 3. The number of rotatable bonds is 2. The van der Waals surface area contributed by atoms with Crippen LogP contribution in [0, 0.1) is 5.82 Å². The highest BCUT2D eigenvalue weighted by Crippen LogP contribution is 2.13. The predicted octanol–water partition coefficient (Wildman–Crippen LogP) is 2.06. The molecular formula is C12H10FN3O. The molecule has 3 N–H and O–H groups in total. The van der Waals surface area contributed by atoms with Gasteiger partial charge in [-0.15, -0.1) is 0 Å². The van der Waals surface area contributed by atoms with Crippen molar-refractivity contribution in [2.24, 2.45) is 0 Å². The highest BCUT2D eigenvalue weighted by Gasteiger charge is 2.11. The smallest absolute Gasteiger partial charge is 0.259 e. The number of aromatic nitrogens is 1. The number of nitrogens with one attached hydrogen (secondary N) is 1. The Labute approximate surface area is 97.3 Å². The Morgan fingerprint density at radius 1 is 1.29 bits per heavy atom. The maximum atomic E-state index is 12.9. The van der Waals surface area contributed by atoms with E-state index in [4.69, 9.17) is 5.73 Å². The Balaban J connectivity index is 2.23. The van der Waals surface area contributed by atoms with Crippen molar-refractivity contribution >= 4 is 17.4 Å². The van der Waals surface area contributed by atoms with Crippen molar-refractivity contribution in [2.45, 2.75) is 0 Å². The summed E-state index contributed by atoms with van der Waals surface area (Å²) < 4.78 is 12.9. The molecule has 0 aliphatic heterocycles. The molecule has 4 nitrogen and oxygen atoms in total. The summed E-state index contributed by atoms with van der Waals surface area (Å²) in [7, 11) is 0. The van der Waals surface area contributed by atoms with Crippen LogP contribution in [0.5, 0.6) is 0 Å². The molecule has 0 spiro atoms. The van der Waals surface area contributed by atoms with E-state index in [2.05, 4.69) is 10.3 Å². The summed E-state index contributed by atoms with van der Waals surface area (Å²) in [4.78, 5) is 15.4. The molecule has 1 aromatic heterocycles. The average molecular weight is 231 g/mol. The van der Waals surface area contributed by atoms with Crippen LogP contribution in [0.15, 0.2) is 42.6 Å². The van der Waals surface area contributed by atoms with Gasteiger partial charge in [-0.05, 0) is 18.2 Å². The number of nitrogens with zero attached hydrogens (tertiary/aromatic N) is 1. The fourth-order valence-electron chi connectivity index (χ4n) is 1.35. The van der Waals surface area contributed by atoms with E-state index < -0.39 is 11.7 Å². The molecule has 1 aromatic carbocycles. The lowest BCUT2D eigenvalue weighted by atomic mass is 10.2. The minimum Gasteiger partial charge on any atom is -0.383 e. The minimum absolute atomic E-state index is 0.000156.